The Morgan fingerprint density at radius 3 is 2.94 bits per heavy atom. The van der Waals surface area contributed by atoms with Crippen LogP contribution in [0.25, 0.3) is 0 Å². The van der Waals surface area contributed by atoms with Gasteiger partial charge in [-0.3, -0.25) is 4.79 Å². The zero-order valence-electron chi connectivity index (χ0n) is 11.5. The Morgan fingerprint density at radius 2 is 2.44 bits per heavy atom. The fourth-order valence-electron chi connectivity index (χ4n) is 2.92. The standard InChI is InChI=1S/C14H23N3O/c1-4-11(12-15-8-9-16-12)17-13(18)10-6-5-7-14(10,2)3/h8-11H,4-7H2,1-3H3,(H,15,16)(H,17,18). The van der Waals surface area contributed by atoms with Gasteiger partial charge in [0.2, 0.25) is 5.91 Å². The molecule has 1 fully saturated rings. The summed E-state index contributed by atoms with van der Waals surface area (Å²) < 4.78 is 0. The first-order valence-corrected chi connectivity index (χ1v) is 6.84. The molecule has 0 saturated heterocycles. The minimum atomic E-state index is 0.00361. The van der Waals surface area contributed by atoms with E-state index in [9.17, 15) is 4.79 Å². The van der Waals surface area contributed by atoms with Crippen LogP contribution in [0.5, 0.6) is 0 Å². The fraction of sp³-hybridized carbons (Fsp3) is 0.714. The van der Waals surface area contributed by atoms with Crippen LogP contribution >= 0.6 is 0 Å². The third-order valence-electron chi connectivity index (χ3n) is 4.15. The summed E-state index contributed by atoms with van der Waals surface area (Å²) in [5, 5.41) is 3.13. The fourth-order valence-corrected chi connectivity index (χ4v) is 2.92. The number of H-pyrrole nitrogens is 1. The molecule has 4 heteroatoms. The van der Waals surface area contributed by atoms with Gasteiger partial charge >= 0.3 is 0 Å². The van der Waals surface area contributed by atoms with Crippen LogP contribution < -0.4 is 5.32 Å². The van der Waals surface area contributed by atoms with E-state index >= 15 is 0 Å². The Morgan fingerprint density at radius 1 is 1.67 bits per heavy atom. The molecule has 0 spiro atoms. The maximum Gasteiger partial charge on any atom is 0.224 e. The molecule has 2 N–H and O–H groups in total. The van der Waals surface area contributed by atoms with Gasteiger partial charge in [0.05, 0.1) is 6.04 Å². The van der Waals surface area contributed by atoms with Gasteiger partial charge in [-0.1, -0.05) is 27.2 Å². The molecule has 1 aromatic rings. The van der Waals surface area contributed by atoms with Crippen molar-refractivity contribution in [1.29, 1.82) is 0 Å². The van der Waals surface area contributed by atoms with Crippen molar-refractivity contribution in [3.63, 3.8) is 0 Å². The SMILES string of the molecule is CCC(NC(=O)C1CCCC1(C)C)c1ncc[nH]1. The quantitative estimate of drug-likeness (QED) is 0.862. The average molecular weight is 249 g/mol. The summed E-state index contributed by atoms with van der Waals surface area (Å²) >= 11 is 0. The maximum absolute atomic E-state index is 12.4. The van der Waals surface area contributed by atoms with Crippen LogP contribution in [-0.4, -0.2) is 15.9 Å². The van der Waals surface area contributed by atoms with Crippen LogP contribution in [0.1, 0.15) is 58.3 Å². The molecule has 1 heterocycles. The van der Waals surface area contributed by atoms with Gasteiger partial charge in [-0.25, -0.2) is 4.98 Å². The lowest BCUT2D eigenvalue weighted by molar-refractivity contribution is -0.128. The number of aromatic amines is 1. The predicted molar refractivity (Wildman–Crippen MR) is 70.9 cm³/mol. The number of nitrogens with zero attached hydrogens (tertiary/aromatic N) is 1. The van der Waals surface area contributed by atoms with E-state index in [-0.39, 0.29) is 23.3 Å². The van der Waals surface area contributed by atoms with E-state index in [1.165, 1.54) is 0 Å². The molecule has 4 nitrogen and oxygen atoms in total. The van der Waals surface area contributed by atoms with Crippen molar-refractivity contribution in [2.75, 3.05) is 0 Å². The van der Waals surface area contributed by atoms with Gasteiger partial charge in [0.25, 0.3) is 0 Å². The van der Waals surface area contributed by atoms with Crippen molar-refractivity contribution in [2.45, 2.75) is 52.5 Å². The zero-order valence-corrected chi connectivity index (χ0v) is 11.5. The van der Waals surface area contributed by atoms with Crippen LogP contribution in [0.2, 0.25) is 0 Å². The lowest BCUT2D eigenvalue weighted by Crippen LogP contribution is -2.38. The summed E-state index contributed by atoms with van der Waals surface area (Å²) in [5.41, 5.74) is 0.130. The van der Waals surface area contributed by atoms with E-state index in [4.69, 9.17) is 0 Å². The zero-order chi connectivity index (χ0) is 13.2. The first kappa shape index (κ1) is 13.1. The van der Waals surface area contributed by atoms with Gasteiger partial charge in [0.1, 0.15) is 5.82 Å². The highest BCUT2D eigenvalue weighted by atomic mass is 16.2. The van der Waals surface area contributed by atoms with Crippen molar-refractivity contribution < 1.29 is 4.79 Å². The summed E-state index contributed by atoms with van der Waals surface area (Å²) in [6, 6.07) is 0.00361. The van der Waals surface area contributed by atoms with E-state index in [1.54, 1.807) is 12.4 Å². The minimum Gasteiger partial charge on any atom is -0.347 e. The summed E-state index contributed by atoms with van der Waals surface area (Å²) in [7, 11) is 0. The molecule has 18 heavy (non-hydrogen) atoms. The number of carbonyl (C=O) groups is 1. The Labute approximate surface area is 109 Å². The predicted octanol–water partition coefficient (Wildman–Crippen LogP) is 2.80. The first-order valence-electron chi connectivity index (χ1n) is 6.84. The number of carbonyl (C=O) groups excluding carboxylic acids is 1. The second-order valence-corrected chi connectivity index (χ2v) is 5.88. The number of aromatic nitrogens is 2. The highest BCUT2D eigenvalue weighted by Crippen LogP contribution is 2.42. The van der Waals surface area contributed by atoms with Crippen molar-refractivity contribution in [3.8, 4) is 0 Å². The molecule has 2 unspecified atom stereocenters. The number of imidazole rings is 1. The van der Waals surface area contributed by atoms with E-state index in [2.05, 4.69) is 36.1 Å². The summed E-state index contributed by atoms with van der Waals surface area (Å²) in [5.74, 6) is 1.17. The van der Waals surface area contributed by atoms with Crippen LogP contribution in [0.15, 0.2) is 12.4 Å². The van der Waals surface area contributed by atoms with Crippen LogP contribution in [-0.2, 0) is 4.79 Å². The second kappa shape index (κ2) is 5.12. The third kappa shape index (κ3) is 2.57. The van der Waals surface area contributed by atoms with Gasteiger partial charge < -0.3 is 10.3 Å². The monoisotopic (exact) mass is 249 g/mol. The summed E-state index contributed by atoms with van der Waals surface area (Å²) in [4.78, 5) is 19.7. The van der Waals surface area contributed by atoms with Crippen LogP contribution in [0.3, 0.4) is 0 Å². The summed E-state index contributed by atoms with van der Waals surface area (Å²) in [6.45, 7) is 6.45. The Balaban J connectivity index is 2.02. The lowest BCUT2D eigenvalue weighted by atomic mass is 9.81. The van der Waals surface area contributed by atoms with Gasteiger partial charge in [-0.2, -0.15) is 0 Å². The molecule has 1 aliphatic rings. The lowest BCUT2D eigenvalue weighted by Gasteiger charge is -2.27. The van der Waals surface area contributed by atoms with E-state index in [0.29, 0.717) is 0 Å². The van der Waals surface area contributed by atoms with Gasteiger partial charge in [-0.05, 0) is 24.7 Å². The topological polar surface area (TPSA) is 57.8 Å². The van der Waals surface area contributed by atoms with Crippen molar-refractivity contribution in [2.24, 2.45) is 11.3 Å². The normalized spacial score (nSPS) is 23.8. The summed E-state index contributed by atoms with van der Waals surface area (Å²) in [6.07, 6.45) is 7.68. The van der Waals surface area contributed by atoms with Gasteiger partial charge in [0.15, 0.2) is 0 Å². The van der Waals surface area contributed by atoms with Crippen molar-refractivity contribution in [3.05, 3.63) is 18.2 Å². The average Bonchev–Trinajstić information content (AvgIpc) is 2.94. The number of hydrogen-bond donors (Lipinski definition) is 2. The third-order valence-corrected chi connectivity index (χ3v) is 4.15. The van der Waals surface area contributed by atoms with E-state index < -0.39 is 0 Å². The molecule has 1 aromatic heterocycles. The number of nitrogens with one attached hydrogen (secondary N) is 2. The van der Waals surface area contributed by atoms with Crippen molar-refractivity contribution in [1.82, 2.24) is 15.3 Å². The van der Waals surface area contributed by atoms with Gasteiger partial charge in [0, 0.05) is 18.3 Å². The number of rotatable bonds is 4. The smallest absolute Gasteiger partial charge is 0.224 e. The Hall–Kier alpha value is -1.32. The first-order chi connectivity index (χ1) is 8.54. The molecule has 0 radical (unpaired) electrons. The van der Waals surface area contributed by atoms with Crippen LogP contribution in [0, 0.1) is 11.3 Å². The van der Waals surface area contributed by atoms with Crippen LogP contribution in [0.4, 0.5) is 0 Å². The second-order valence-electron chi connectivity index (χ2n) is 5.88. The number of hydrogen-bond acceptors (Lipinski definition) is 2. The van der Waals surface area contributed by atoms with Crippen molar-refractivity contribution >= 4 is 5.91 Å². The molecule has 0 aromatic carbocycles. The molecule has 1 saturated carbocycles. The molecule has 0 aliphatic heterocycles. The molecule has 2 atom stereocenters. The van der Waals surface area contributed by atoms with E-state index in [1.807, 2.05) is 0 Å². The van der Waals surface area contributed by atoms with E-state index in [0.717, 1.165) is 31.5 Å². The highest BCUT2D eigenvalue weighted by molar-refractivity contribution is 5.80. The van der Waals surface area contributed by atoms with Gasteiger partial charge in [-0.15, -0.1) is 0 Å². The largest absolute Gasteiger partial charge is 0.347 e. The number of amides is 1. The molecular formula is C14H23N3O. The Kier molecular flexibility index (Phi) is 3.73. The minimum absolute atomic E-state index is 0.00361. The molecule has 0 bridgehead atoms. The molecule has 100 valence electrons. The highest BCUT2D eigenvalue weighted by Gasteiger charge is 2.39. The maximum atomic E-state index is 12.4. The molecular weight excluding hydrogens is 226 g/mol. The molecule has 1 aliphatic carbocycles. The molecule has 1 amide bonds. The Bertz CT molecular complexity index is 397. The molecule has 2 rings (SSSR count).